The van der Waals surface area contributed by atoms with E-state index in [1.54, 1.807) is 24.4 Å². The first-order valence-electron chi connectivity index (χ1n) is 5.91. The second-order valence-electron chi connectivity index (χ2n) is 3.75. The van der Waals surface area contributed by atoms with Crippen LogP contribution in [0.5, 0.6) is 17.2 Å². The van der Waals surface area contributed by atoms with Gasteiger partial charge in [0.1, 0.15) is 11.5 Å². The van der Waals surface area contributed by atoms with E-state index in [1.807, 2.05) is 25.1 Å². The van der Waals surface area contributed by atoms with Crippen molar-refractivity contribution in [2.45, 2.75) is 6.92 Å². The van der Waals surface area contributed by atoms with Crippen LogP contribution in [0.2, 0.25) is 0 Å². The monoisotopic (exact) mass is 257 g/mol. The van der Waals surface area contributed by atoms with Gasteiger partial charge in [-0.2, -0.15) is 0 Å². The van der Waals surface area contributed by atoms with Gasteiger partial charge >= 0.3 is 0 Å². The first kappa shape index (κ1) is 12.9. The molecule has 1 aromatic heterocycles. The molecule has 0 saturated carbocycles. The Kier molecular flexibility index (Phi) is 3.97. The van der Waals surface area contributed by atoms with Crippen LogP contribution in [0.3, 0.4) is 0 Å². The number of rotatable bonds is 5. The Morgan fingerprint density at radius 2 is 1.84 bits per heavy atom. The van der Waals surface area contributed by atoms with Gasteiger partial charge in [0.05, 0.1) is 6.61 Å². The highest BCUT2D eigenvalue weighted by molar-refractivity contribution is 5.95. The molecule has 2 aromatic rings. The number of hydrogen-bond donors (Lipinski definition) is 2. The van der Waals surface area contributed by atoms with Gasteiger partial charge in [-0.15, -0.1) is 0 Å². The predicted molar refractivity (Wildman–Crippen MR) is 72.9 cm³/mol. The molecule has 0 saturated heterocycles. The van der Waals surface area contributed by atoms with Gasteiger partial charge in [0.2, 0.25) is 0 Å². The van der Waals surface area contributed by atoms with Gasteiger partial charge in [-0.25, -0.2) is 4.98 Å². The molecule has 5 nitrogen and oxygen atoms in total. The number of nitrogens with two attached hydrogens (primary N) is 1. The smallest absolute Gasteiger partial charge is 0.169 e. The average molecular weight is 257 g/mol. The van der Waals surface area contributed by atoms with Crippen molar-refractivity contribution in [2.75, 3.05) is 6.61 Å². The second kappa shape index (κ2) is 5.86. The molecule has 3 N–H and O–H groups in total. The van der Waals surface area contributed by atoms with Crippen LogP contribution in [-0.4, -0.2) is 17.4 Å². The van der Waals surface area contributed by atoms with Gasteiger partial charge in [-0.05, 0) is 31.2 Å². The van der Waals surface area contributed by atoms with Crippen LogP contribution in [0.25, 0.3) is 0 Å². The summed E-state index contributed by atoms with van der Waals surface area (Å²) in [5, 5.41) is 7.48. The molecule has 2 rings (SSSR count). The quantitative estimate of drug-likeness (QED) is 0.637. The standard InChI is InChI=1S/C14H15N3O2/c1-2-18-10-6-3-4-7-11(10)19-12-8-5-9-17-13(12)14(15)16/h3-9H,2H2,1H3,(H3,15,16). The summed E-state index contributed by atoms with van der Waals surface area (Å²) in [7, 11) is 0. The van der Waals surface area contributed by atoms with Crippen molar-refractivity contribution in [2.24, 2.45) is 5.73 Å². The molecule has 0 spiro atoms. The zero-order valence-corrected chi connectivity index (χ0v) is 10.6. The summed E-state index contributed by atoms with van der Waals surface area (Å²) in [5.74, 6) is 1.51. The maximum Gasteiger partial charge on any atom is 0.169 e. The molecule has 19 heavy (non-hydrogen) atoms. The van der Waals surface area contributed by atoms with E-state index in [1.165, 1.54) is 0 Å². The highest BCUT2D eigenvalue weighted by Crippen LogP contribution is 2.32. The second-order valence-corrected chi connectivity index (χ2v) is 3.75. The number of pyridine rings is 1. The lowest BCUT2D eigenvalue weighted by molar-refractivity contribution is 0.321. The number of para-hydroxylation sites is 2. The maximum atomic E-state index is 7.48. The van der Waals surface area contributed by atoms with Crippen molar-refractivity contribution in [3.8, 4) is 17.2 Å². The molecule has 0 aliphatic heterocycles. The minimum absolute atomic E-state index is 0.135. The summed E-state index contributed by atoms with van der Waals surface area (Å²) < 4.78 is 11.2. The van der Waals surface area contributed by atoms with Crippen molar-refractivity contribution in [1.29, 1.82) is 5.41 Å². The summed E-state index contributed by atoms with van der Waals surface area (Å²) in [6.45, 7) is 2.45. The molecule has 5 heteroatoms. The summed E-state index contributed by atoms with van der Waals surface area (Å²) in [6.07, 6.45) is 1.57. The van der Waals surface area contributed by atoms with Gasteiger partial charge in [-0.3, -0.25) is 5.41 Å². The Bertz CT molecular complexity index is 584. The number of benzene rings is 1. The number of nitrogens with zero attached hydrogens (tertiary/aromatic N) is 1. The molecule has 0 atom stereocenters. The molecule has 1 heterocycles. The lowest BCUT2D eigenvalue weighted by Gasteiger charge is -2.12. The highest BCUT2D eigenvalue weighted by Gasteiger charge is 2.11. The molecule has 0 bridgehead atoms. The Balaban J connectivity index is 2.34. The summed E-state index contributed by atoms with van der Waals surface area (Å²) in [6, 6.07) is 10.8. The molecule has 0 fully saturated rings. The number of aromatic nitrogens is 1. The first-order chi connectivity index (χ1) is 9.22. The zero-order chi connectivity index (χ0) is 13.7. The molecular weight excluding hydrogens is 242 g/mol. The molecule has 0 amide bonds. The van der Waals surface area contributed by atoms with Crippen molar-refractivity contribution in [1.82, 2.24) is 4.98 Å². The van der Waals surface area contributed by atoms with Crippen molar-refractivity contribution in [3.05, 3.63) is 48.3 Å². The van der Waals surface area contributed by atoms with Crippen molar-refractivity contribution < 1.29 is 9.47 Å². The lowest BCUT2D eigenvalue weighted by atomic mass is 10.3. The van der Waals surface area contributed by atoms with Gasteiger partial charge in [0, 0.05) is 6.20 Å². The van der Waals surface area contributed by atoms with Crippen molar-refractivity contribution in [3.63, 3.8) is 0 Å². The highest BCUT2D eigenvalue weighted by atomic mass is 16.5. The Labute approximate surface area is 111 Å². The molecule has 0 unspecified atom stereocenters. The molecule has 0 radical (unpaired) electrons. The largest absolute Gasteiger partial charge is 0.490 e. The molecular formula is C14H15N3O2. The van der Waals surface area contributed by atoms with E-state index in [9.17, 15) is 0 Å². The minimum atomic E-state index is -0.135. The van der Waals surface area contributed by atoms with Crippen LogP contribution in [0, 0.1) is 5.41 Å². The number of hydrogen-bond acceptors (Lipinski definition) is 4. The van der Waals surface area contributed by atoms with Crippen LogP contribution >= 0.6 is 0 Å². The fourth-order valence-electron chi connectivity index (χ4n) is 1.60. The van der Waals surface area contributed by atoms with Gasteiger partial charge in [0.25, 0.3) is 0 Å². The van der Waals surface area contributed by atoms with E-state index < -0.39 is 0 Å². The Morgan fingerprint density at radius 1 is 1.16 bits per heavy atom. The molecule has 0 aliphatic rings. The minimum Gasteiger partial charge on any atom is -0.490 e. The Morgan fingerprint density at radius 3 is 2.53 bits per heavy atom. The third-order valence-electron chi connectivity index (χ3n) is 2.39. The zero-order valence-electron chi connectivity index (χ0n) is 10.6. The van der Waals surface area contributed by atoms with Gasteiger partial charge < -0.3 is 15.2 Å². The number of nitrogens with one attached hydrogen (secondary N) is 1. The van der Waals surface area contributed by atoms with Crippen LogP contribution < -0.4 is 15.2 Å². The summed E-state index contributed by atoms with van der Waals surface area (Å²) >= 11 is 0. The van der Waals surface area contributed by atoms with Gasteiger partial charge in [0.15, 0.2) is 17.2 Å². The number of ether oxygens (including phenoxy) is 2. The van der Waals surface area contributed by atoms with Crippen LogP contribution in [-0.2, 0) is 0 Å². The van der Waals surface area contributed by atoms with Crippen LogP contribution in [0.1, 0.15) is 12.6 Å². The average Bonchev–Trinajstić information content (AvgIpc) is 2.42. The van der Waals surface area contributed by atoms with Gasteiger partial charge in [-0.1, -0.05) is 12.1 Å². The maximum absolute atomic E-state index is 7.48. The van der Waals surface area contributed by atoms with Crippen LogP contribution in [0.4, 0.5) is 0 Å². The normalized spacial score (nSPS) is 9.95. The third kappa shape index (κ3) is 3.01. The lowest BCUT2D eigenvalue weighted by Crippen LogP contribution is -2.14. The number of amidine groups is 1. The van der Waals surface area contributed by atoms with E-state index in [-0.39, 0.29) is 5.84 Å². The third-order valence-corrected chi connectivity index (χ3v) is 2.39. The van der Waals surface area contributed by atoms with Crippen LogP contribution in [0.15, 0.2) is 42.6 Å². The topological polar surface area (TPSA) is 81.2 Å². The number of nitrogen functional groups attached to an aromatic ring is 1. The first-order valence-corrected chi connectivity index (χ1v) is 5.91. The van der Waals surface area contributed by atoms with E-state index in [4.69, 9.17) is 20.6 Å². The Hall–Kier alpha value is -2.56. The van der Waals surface area contributed by atoms with E-state index in [0.29, 0.717) is 29.5 Å². The van der Waals surface area contributed by atoms with E-state index >= 15 is 0 Å². The fourth-order valence-corrected chi connectivity index (χ4v) is 1.60. The molecule has 1 aromatic carbocycles. The van der Waals surface area contributed by atoms with E-state index in [2.05, 4.69) is 4.98 Å². The molecule has 98 valence electrons. The molecule has 0 aliphatic carbocycles. The summed E-state index contributed by atoms with van der Waals surface area (Å²) in [5.41, 5.74) is 5.79. The predicted octanol–water partition coefficient (Wildman–Crippen LogP) is 2.56. The fraction of sp³-hybridized carbons (Fsp3) is 0.143. The van der Waals surface area contributed by atoms with Crippen molar-refractivity contribution >= 4 is 5.84 Å². The summed E-state index contributed by atoms with van der Waals surface area (Å²) in [4.78, 5) is 4.03. The SMILES string of the molecule is CCOc1ccccc1Oc1cccnc1C(=N)N. The van der Waals surface area contributed by atoms with E-state index in [0.717, 1.165) is 0 Å².